The van der Waals surface area contributed by atoms with Crippen LogP contribution in [0.5, 0.6) is 0 Å². The van der Waals surface area contributed by atoms with Crippen molar-refractivity contribution in [2.45, 2.75) is 82.7 Å². The molecule has 0 bridgehead atoms. The summed E-state index contributed by atoms with van der Waals surface area (Å²) >= 11 is 0. The van der Waals surface area contributed by atoms with E-state index < -0.39 is 11.3 Å². The lowest BCUT2D eigenvalue weighted by atomic mass is 9.92. The second-order valence-electron chi connectivity index (χ2n) is 9.15. The van der Waals surface area contributed by atoms with Crippen molar-refractivity contribution >= 4 is 0 Å². The second-order valence-corrected chi connectivity index (χ2v) is 9.15. The Morgan fingerprint density at radius 1 is 0.897 bits per heavy atom. The first kappa shape index (κ1) is 20.5. The highest BCUT2D eigenvalue weighted by molar-refractivity contribution is 5.44. The second kappa shape index (κ2) is 8.18. The predicted molar refractivity (Wildman–Crippen MR) is 115 cm³/mol. The summed E-state index contributed by atoms with van der Waals surface area (Å²) in [6.07, 6.45) is 5.20. The van der Waals surface area contributed by atoms with Crippen molar-refractivity contribution in [2.24, 2.45) is 0 Å². The Bertz CT molecular complexity index is 824. The lowest BCUT2D eigenvalue weighted by Gasteiger charge is -2.29. The normalized spacial score (nSPS) is 19.9. The van der Waals surface area contributed by atoms with Crippen LogP contribution in [-0.4, -0.2) is 17.5 Å². The highest BCUT2D eigenvalue weighted by Crippen LogP contribution is 2.58. The van der Waals surface area contributed by atoms with Crippen molar-refractivity contribution in [3.8, 4) is 0 Å². The summed E-state index contributed by atoms with van der Waals surface area (Å²) in [5.74, 6) is 0. The molecular formula is C26H33F2N. The van der Waals surface area contributed by atoms with E-state index in [-0.39, 0.29) is 0 Å². The molecule has 1 nitrogen and oxygen atoms in total. The molecule has 1 unspecified atom stereocenters. The number of nitrogens with zero attached hydrogens (tertiary/aromatic N) is 1. The van der Waals surface area contributed by atoms with Crippen LogP contribution in [0.25, 0.3) is 0 Å². The maximum absolute atomic E-state index is 14.9. The number of hydrogen-bond donors (Lipinski definition) is 0. The Balaban J connectivity index is 1.43. The van der Waals surface area contributed by atoms with Gasteiger partial charge in [-0.15, -0.1) is 0 Å². The molecule has 0 radical (unpaired) electrons. The minimum atomic E-state index is -1.28. The Labute approximate surface area is 174 Å². The molecule has 0 amide bonds. The van der Waals surface area contributed by atoms with E-state index in [2.05, 4.69) is 49.1 Å². The van der Waals surface area contributed by atoms with E-state index in [1.165, 1.54) is 5.56 Å². The third-order valence-corrected chi connectivity index (χ3v) is 6.64. The number of hydrogen-bond acceptors (Lipinski definition) is 1. The lowest BCUT2D eigenvalue weighted by molar-refractivity contribution is 0.191. The van der Waals surface area contributed by atoms with Gasteiger partial charge in [-0.3, -0.25) is 4.90 Å². The van der Waals surface area contributed by atoms with E-state index in [9.17, 15) is 8.78 Å². The number of aryl methyl sites for hydroxylation is 1. The predicted octanol–water partition coefficient (Wildman–Crippen LogP) is 6.84. The SMILES string of the molecule is CCCN(Cc1ccccc1)C(C)CCc1ccc(C2(F)CC2)c(C2(F)CC2)c1. The summed E-state index contributed by atoms with van der Waals surface area (Å²) in [4.78, 5) is 2.53. The third kappa shape index (κ3) is 4.71. The van der Waals surface area contributed by atoms with Gasteiger partial charge < -0.3 is 0 Å². The maximum Gasteiger partial charge on any atom is 0.136 e. The van der Waals surface area contributed by atoms with Crippen molar-refractivity contribution in [2.75, 3.05) is 6.54 Å². The van der Waals surface area contributed by atoms with Gasteiger partial charge in [0.25, 0.3) is 0 Å². The Morgan fingerprint density at radius 2 is 1.55 bits per heavy atom. The molecule has 0 aliphatic heterocycles. The van der Waals surface area contributed by atoms with Gasteiger partial charge in [-0.2, -0.15) is 0 Å². The van der Waals surface area contributed by atoms with Crippen LogP contribution in [-0.2, 0) is 24.3 Å². The van der Waals surface area contributed by atoms with E-state index in [0.29, 0.717) is 42.9 Å². The number of benzene rings is 2. The van der Waals surface area contributed by atoms with Crippen LogP contribution in [0.2, 0.25) is 0 Å². The molecule has 0 aromatic heterocycles. The van der Waals surface area contributed by atoms with Crippen LogP contribution in [0.15, 0.2) is 48.5 Å². The smallest absolute Gasteiger partial charge is 0.136 e. The van der Waals surface area contributed by atoms with Gasteiger partial charge in [0.2, 0.25) is 0 Å². The van der Waals surface area contributed by atoms with Gasteiger partial charge in [0.15, 0.2) is 0 Å². The van der Waals surface area contributed by atoms with Crippen LogP contribution in [0.3, 0.4) is 0 Å². The molecule has 0 saturated heterocycles. The molecular weight excluding hydrogens is 364 g/mol. The Hall–Kier alpha value is -1.74. The minimum absolute atomic E-state index is 0.439. The first-order chi connectivity index (χ1) is 13.9. The van der Waals surface area contributed by atoms with Crippen LogP contribution in [0.1, 0.15) is 74.6 Å². The van der Waals surface area contributed by atoms with Crippen molar-refractivity contribution < 1.29 is 8.78 Å². The van der Waals surface area contributed by atoms with Gasteiger partial charge in [-0.25, -0.2) is 8.78 Å². The lowest BCUT2D eigenvalue weighted by Crippen LogP contribution is -2.33. The first-order valence-corrected chi connectivity index (χ1v) is 11.2. The molecule has 2 aliphatic carbocycles. The molecule has 3 heteroatoms. The first-order valence-electron chi connectivity index (χ1n) is 11.2. The minimum Gasteiger partial charge on any atom is -0.296 e. The molecule has 4 rings (SSSR count). The van der Waals surface area contributed by atoms with Gasteiger partial charge in [-0.1, -0.05) is 55.5 Å². The van der Waals surface area contributed by atoms with Gasteiger partial charge in [0.1, 0.15) is 11.3 Å². The molecule has 29 heavy (non-hydrogen) atoms. The van der Waals surface area contributed by atoms with Crippen LogP contribution < -0.4 is 0 Å². The Morgan fingerprint density at radius 3 is 2.17 bits per heavy atom. The number of halogens is 2. The standard InChI is InChI=1S/C26H33F2N/c1-3-17-29(19-22-7-5-4-6-8-22)20(2)9-10-21-11-12-23(25(27)13-14-25)24(18-21)26(28)15-16-26/h4-8,11-12,18,20H,3,9-10,13-17,19H2,1-2H3. The monoisotopic (exact) mass is 397 g/mol. The summed E-state index contributed by atoms with van der Waals surface area (Å²) < 4.78 is 29.6. The average molecular weight is 398 g/mol. The fraction of sp³-hybridized carbons (Fsp3) is 0.538. The molecule has 0 spiro atoms. The highest BCUT2D eigenvalue weighted by atomic mass is 19.1. The maximum atomic E-state index is 14.9. The highest BCUT2D eigenvalue weighted by Gasteiger charge is 2.53. The molecule has 2 aliphatic rings. The third-order valence-electron chi connectivity index (χ3n) is 6.64. The van der Waals surface area contributed by atoms with E-state index in [1.54, 1.807) is 0 Å². The summed E-state index contributed by atoms with van der Waals surface area (Å²) in [7, 11) is 0. The van der Waals surface area contributed by atoms with Crippen molar-refractivity contribution in [3.63, 3.8) is 0 Å². The van der Waals surface area contributed by atoms with Gasteiger partial charge in [0.05, 0.1) is 0 Å². The van der Waals surface area contributed by atoms with Crippen LogP contribution in [0.4, 0.5) is 8.78 Å². The molecule has 2 saturated carbocycles. The summed E-state index contributed by atoms with van der Waals surface area (Å²) in [6.45, 7) is 6.53. The van der Waals surface area contributed by atoms with E-state index >= 15 is 0 Å². The fourth-order valence-electron chi connectivity index (χ4n) is 4.39. The van der Waals surface area contributed by atoms with Crippen molar-refractivity contribution in [1.29, 1.82) is 0 Å². The average Bonchev–Trinajstić information content (AvgIpc) is 3.65. The molecule has 0 N–H and O–H groups in total. The molecule has 2 aromatic carbocycles. The van der Waals surface area contributed by atoms with Crippen LogP contribution in [0, 0.1) is 0 Å². The van der Waals surface area contributed by atoms with E-state index in [1.807, 2.05) is 18.2 Å². The number of rotatable bonds is 10. The zero-order chi connectivity index (χ0) is 20.5. The largest absolute Gasteiger partial charge is 0.296 e. The van der Waals surface area contributed by atoms with Gasteiger partial charge in [0, 0.05) is 12.6 Å². The Kier molecular flexibility index (Phi) is 5.79. The fourth-order valence-corrected chi connectivity index (χ4v) is 4.39. The molecule has 0 heterocycles. The van der Waals surface area contributed by atoms with Crippen molar-refractivity contribution in [1.82, 2.24) is 4.90 Å². The summed E-state index contributed by atoms with van der Waals surface area (Å²) in [6, 6.07) is 16.9. The van der Waals surface area contributed by atoms with Gasteiger partial charge >= 0.3 is 0 Å². The topological polar surface area (TPSA) is 3.24 Å². The summed E-state index contributed by atoms with van der Waals surface area (Å²) in [5.41, 5.74) is 1.19. The molecule has 1 atom stereocenters. The van der Waals surface area contributed by atoms with Gasteiger partial charge in [-0.05, 0) is 80.7 Å². The number of alkyl halides is 2. The van der Waals surface area contributed by atoms with E-state index in [4.69, 9.17) is 0 Å². The zero-order valence-electron chi connectivity index (χ0n) is 17.8. The summed E-state index contributed by atoms with van der Waals surface area (Å²) in [5, 5.41) is 0. The van der Waals surface area contributed by atoms with Crippen LogP contribution >= 0.6 is 0 Å². The zero-order valence-corrected chi connectivity index (χ0v) is 17.8. The molecule has 2 aromatic rings. The molecule has 2 fully saturated rings. The molecule has 156 valence electrons. The van der Waals surface area contributed by atoms with E-state index in [0.717, 1.165) is 37.9 Å². The van der Waals surface area contributed by atoms with Crippen molar-refractivity contribution in [3.05, 3.63) is 70.8 Å². The quantitative estimate of drug-likeness (QED) is 0.424.